The lowest BCUT2D eigenvalue weighted by atomic mass is 9.94. The van der Waals surface area contributed by atoms with Gasteiger partial charge in [-0.2, -0.15) is 9.97 Å². The average Bonchev–Trinajstić information content (AvgIpc) is 1.62. The van der Waals surface area contributed by atoms with Gasteiger partial charge in [0.25, 0.3) is 40.7 Å². The van der Waals surface area contributed by atoms with Crippen LogP contribution in [-0.4, -0.2) is 214 Å². The van der Waals surface area contributed by atoms with Crippen LogP contribution < -0.4 is 87.2 Å². The van der Waals surface area contributed by atoms with Crippen LogP contribution in [0.2, 0.25) is 5.28 Å². The van der Waals surface area contributed by atoms with Crippen molar-refractivity contribution in [3.8, 4) is 0 Å². The Kier molecular flexibility index (Phi) is 39.8. The maximum Gasteiger partial charge on any atom is 0.407 e. The number of aliphatic imine (C=N–C) groups is 1. The molecule has 0 spiro atoms. The monoisotopic (exact) mass is 2070 g/mol. The number of aliphatic hydroxyl groups is 5. The minimum absolute atomic E-state index is 0.0224. The van der Waals surface area contributed by atoms with Crippen LogP contribution in [0.1, 0.15) is 156 Å². The van der Waals surface area contributed by atoms with Crippen LogP contribution in [-0.2, 0) is 58.4 Å². The summed E-state index contributed by atoms with van der Waals surface area (Å²) in [5, 5.41) is 76.9. The Balaban J connectivity index is 0.000000161. The third kappa shape index (κ3) is 29.5. The summed E-state index contributed by atoms with van der Waals surface area (Å²) in [5.74, 6) is -1.56. The van der Waals surface area contributed by atoms with Crippen molar-refractivity contribution >= 4 is 133 Å². The van der Waals surface area contributed by atoms with E-state index < -0.39 is 73.3 Å². The van der Waals surface area contributed by atoms with Crippen LogP contribution in [0.5, 0.6) is 0 Å². The number of anilines is 7. The molecule has 0 aliphatic carbocycles. The van der Waals surface area contributed by atoms with Crippen molar-refractivity contribution in [1.82, 2.24) is 96.6 Å². The number of carbonyl (C=O) groups excluding carboxylic acids is 8. The lowest BCUT2D eigenvalue weighted by molar-refractivity contribution is -0.0137. The summed E-state index contributed by atoms with van der Waals surface area (Å²) in [7, 11) is 3.05. The van der Waals surface area contributed by atoms with Gasteiger partial charge in [-0.1, -0.05) is 106 Å². The first kappa shape index (κ1) is 111. The van der Waals surface area contributed by atoms with Crippen LogP contribution >= 0.6 is 11.6 Å². The highest BCUT2D eigenvalue weighted by atomic mass is 35.5. The summed E-state index contributed by atoms with van der Waals surface area (Å²) in [6.45, 7) is 10.2. The molecule has 18 rings (SSSR count). The number of rotatable bonds is 24. The molecule has 8 amide bonds. The fourth-order valence-electron chi connectivity index (χ4n) is 15.4. The van der Waals surface area contributed by atoms with E-state index >= 15 is 0 Å². The molecule has 0 bridgehead atoms. The van der Waals surface area contributed by atoms with Crippen molar-refractivity contribution in [3.63, 3.8) is 0 Å². The summed E-state index contributed by atoms with van der Waals surface area (Å²) in [5.41, 5.74) is 35.3. The van der Waals surface area contributed by atoms with Crippen LogP contribution in [0.15, 0.2) is 247 Å². The smallest absolute Gasteiger partial charge is 0.407 e. The fourth-order valence-corrected chi connectivity index (χ4v) is 15.5. The number of carbonyl (C=O) groups is 8. The van der Waals surface area contributed by atoms with Gasteiger partial charge < -0.3 is 136 Å². The van der Waals surface area contributed by atoms with E-state index in [0.717, 1.165) is 22.3 Å². The van der Waals surface area contributed by atoms with E-state index in [-0.39, 0.29) is 126 Å². The number of alkyl halides is 1. The van der Waals surface area contributed by atoms with Crippen LogP contribution in [0.25, 0.3) is 22.2 Å². The number of alkyl carbamates (subject to hydrolysis) is 3. The number of aromatic amines is 3. The molecule has 14 aromatic rings. The van der Waals surface area contributed by atoms with Crippen LogP contribution in [0.4, 0.5) is 64.4 Å². The molecule has 12 heterocycles. The largest absolute Gasteiger partial charge is 0.445 e. The van der Waals surface area contributed by atoms with Crippen molar-refractivity contribution in [2.24, 2.45) is 4.99 Å². The summed E-state index contributed by atoms with van der Waals surface area (Å²) in [4.78, 5) is 163. The molecule has 26 N–H and O–H groups in total. The quantitative estimate of drug-likeness (QED) is 0.0153. The molecule has 150 heavy (non-hydrogen) atoms. The zero-order valence-corrected chi connectivity index (χ0v) is 82.7. The molecule has 784 valence electrons. The van der Waals surface area contributed by atoms with Gasteiger partial charge in [0.2, 0.25) is 5.28 Å². The zero-order chi connectivity index (χ0) is 108. The van der Waals surface area contributed by atoms with Crippen molar-refractivity contribution in [2.45, 2.75) is 160 Å². The number of nitrogens with zero attached hydrogens (tertiary/aromatic N) is 10. The van der Waals surface area contributed by atoms with Gasteiger partial charge in [-0.15, -0.1) is 0 Å². The molecular formula is C102H113ClFN27O19. The Morgan fingerprint density at radius 1 is 0.507 bits per heavy atom. The van der Waals surface area contributed by atoms with E-state index in [1.165, 1.54) is 56.2 Å². The Labute approximate surface area is 861 Å². The first-order valence-electron chi connectivity index (χ1n) is 47.0. The van der Waals surface area contributed by atoms with Gasteiger partial charge in [-0.25, -0.2) is 33.7 Å². The number of ether oxygens (including phenoxy) is 4. The lowest BCUT2D eigenvalue weighted by Gasteiger charge is -2.20. The number of aliphatic hydroxyl groups excluding tert-OH is 5. The molecule has 3 saturated heterocycles. The van der Waals surface area contributed by atoms with E-state index in [1.807, 2.05) is 26.8 Å². The van der Waals surface area contributed by atoms with Gasteiger partial charge >= 0.3 is 18.3 Å². The van der Waals surface area contributed by atoms with Crippen molar-refractivity contribution in [1.29, 1.82) is 0 Å². The van der Waals surface area contributed by atoms with Gasteiger partial charge in [0.1, 0.15) is 60.0 Å². The lowest BCUT2D eigenvalue weighted by Crippen LogP contribution is -2.39. The standard InChI is InChI=1S/2C23H23N5O4.C21H20N4O3.C12H16N4O3.C11H14N4O3.C10H11ClFN5O2.C2H6/c1-25-22(30)20-11-8-16(13-26-20)14-32-23(31)27-12-15-6-9-17(10-7-15)21(29)28-19-5-3-2-4-18(19)24;1-25-21(29)18-10-16(11-26-13-18)14-32-23(31)27-12-15-6-8-17(9-7-15)22(30)28-20-5-3-2-4-19(20)24;22-18-5-1-2-6-19(18)25-20(26)17-9-7-15(8-10-17)13-24-21(27)28-14-16-4-3-11-23-12-16;1-2-6-10(17)11(18)8(16-6)5-3-13-9-7(5)14-4-15-12(9)19;1-4-9(16)10(17)7(15-4)5-2-12-8-6(5)13-3-14-11(8)18;1-3-6(18)4(12)9(19-3)17-2-14-5-7(13)15-10(11)16-8(5)17;1-2/h2-11,13H,12,14,24H2,1H3,(H,25,30)(H,27,31)(H,28,29);2-11,13H,12,14,24H2,1H3,(H,25,29)(H,27,31)(H,28,30);1-12H,13-14,22H2,(H,24,27)(H,25,26);3-6,8,10-11,16-18H,2H2,1H3,(H,14,15,19);2-4,7,9-10,12,15-17H,1H3,(H,13,14,18);2-4,6,9,18H,1H3,(H2,13,15,16);1-2H3/t;;;5?,6-,8+,10-,11-;4-,7+,9-,10+;3-,4+,6-,9-;/m...111./s1. The highest BCUT2D eigenvalue weighted by Crippen LogP contribution is 2.37. The highest BCUT2D eigenvalue weighted by molar-refractivity contribution is 6.28. The number of nitrogen functional groups attached to an aromatic ring is 4. The molecule has 46 nitrogen and oxygen atoms in total. The van der Waals surface area contributed by atoms with Crippen molar-refractivity contribution in [3.05, 3.63) is 331 Å². The number of aromatic nitrogens is 12. The number of nitrogens with two attached hydrogens (primary N) is 4. The Bertz CT molecular complexity index is 7140. The first-order chi connectivity index (χ1) is 72.2. The van der Waals surface area contributed by atoms with Crippen molar-refractivity contribution < 1.29 is 87.2 Å². The average molecular weight is 2080 g/mol. The number of hydrogen-bond donors (Lipinski definition) is 22. The van der Waals surface area contributed by atoms with Crippen LogP contribution in [0.3, 0.4) is 0 Å². The molecule has 4 aliphatic rings. The molecule has 0 radical (unpaired) electrons. The second-order valence-corrected chi connectivity index (χ2v) is 33.9. The third-order valence-corrected chi connectivity index (χ3v) is 23.7. The number of hydrogen-bond acceptors (Lipinski definition) is 34. The predicted molar refractivity (Wildman–Crippen MR) is 556 cm³/mol. The molecular weight excluding hydrogens is 1960 g/mol. The van der Waals surface area contributed by atoms with E-state index in [9.17, 15) is 77.9 Å². The molecule has 13 atom stereocenters. The predicted octanol–water partition coefficient (Wildman–Crippen LogP) is 8.50. The van der Waals surface area contributed by atoms with Gasteiger partial charge in [-0.05, 0) is 140 Å². The minimum atomic E-state index is -1.58. The zero-order valence-electron chi connectivity index (χ0n) is 82.0. The molecule has 6 aromatic carbocycles. The van der Waals surface area contributed by atoms with Gasteiger partial charge in [0.15, 0.2) is 23.9 Å². The topological polar surface area (TPSA) is 701 Å². The maximum atomic E-state index is 14.0. The number of halogens is 2. The number of para-hydroxylation sites is 6. The second-order valence-electron chi connectivity index (χ2n) is 33.6. The van der Waals surface area contributed by atoms with E-state index in [0.29, 0.717) is 108 Å². The minimum Gasteiger partial charge on any atom is -0.445 e. The number of H-pyrrole nitrogens is 3. The van der Waals surface area contributed by atoms with E-state index in [1.54, 1.807) is 209 Å². The summed E-state index contributed by atoms with van der Waals surface area (Å²) in [6.07, 6.45) is 6.09. The SMILES string of the molecule is CC.CC[C@H]1N[C@@H](C2C=Nc3c2nc[nH]c3=O)[C@@H](O)[C@@H]1O.CNC(=O)c1ccc(COC(=O)NCc2ccc(C(=O)Nc3ccccc3N)cc2)cn1.CNC(=O)c1cncc(COC(=O)NCc2ccc(C(=O)Nc3ccccc3N)cc2)c1.C[C@H]1N[C@@H](c2c[nH]c3c(=O)[nH]cnc23)[C@H](O)[C@@H]1O.C[C@H]1O[C@@H](n2cnc3c(N)nc(Cl)nc32)[C@@H](F)[C@@H]1O.Nc1ccccc1NC(=O)c1ccc(CNC(=O)OCc2cccnc2)cc1. The molecule has 3 fully saturated rings. The fraction of sp³-hybridized carbons (Fsp3) is 0.265. The Hall–Kier alpha value is -17.5. The number of nitrogens with one attached hydrogen (secondary N) is 13. The Morgan fingerprint density at radius 2 is 1.01 bits per heavy atom. The Morgan fingerprint density at radius 3 is 1.47 bits per heavy atom. The number of amides is 8. The van der Waals surface area contributed by atoms with Gasteiger partial charge in [0, 0.05) is 134 Å². The molecule has 48 heteroatoms. The summed E-state index contributed by atoms with van der Waals surface area (Å²) >= 11 is 5.73. The summed E-state index contributed by atoms with van der Waals surface area (Å²) in [6, 6.07) is 48.8. The molecule has 0 saturated carbocycles. The normalized spacial score (nSPS) is 18.7. The van der Waals surface area contributed by atoms with E-state index in [4.69, 9.17) is 53.5 Å². The molecule has 4 aliphatic heterocycles. The van der Waals surface area contributed by atoms with Gasteiger partial charge in [0.05, 0.1) is 101 Å². The number of pyridine rings is 3. The number of fused-ring (bicyclic) bond motifs is 3. The van der Waals surface area contributed by atoms with E-state index in [2.05, 4.69) is 113 Å². The number of benzene rings is 6. The third-order valence-electron chi connectivity index (χ3n) is 23.5. The second kappa shape index (κ2) is 53.6. The maximum absolute atomic E-state index is 14.0. The first-order valence-corrected chi connectivity index (χ1v) is 47.3. The summed E-state index contributed by atoms with van der Waals surface area (Å²) < 4.78 is 36.2. The molecule has 8 aromatic heterocycles. The van der Waals surface area contributed by atoms with Crippen LogP contribution in [0, 0.1) is 0 Å². The van der Waals surface area contributed by atoms with Gasteiger partial charge in [-0.3, -0.25) is 58.1 Å². The highest BCUT2D eigenvalue weighted by Gasteiger charge is 2.47. The molecule has 1 unspecified atom stereocenters. The van der Waals surface area contributed by atoms with Crippen molar-refractivity contribution in [2.75, 3.05) is 53.0 Å². The number of imidazole rings is 1.